The Morgan fingerprint density at radius 3 is 2.07 bits per heavy atom. The van der Waals surface area contributed by atoms with Crippen LogP contribution in [0, 0.1) is 0 Å². The average Bonchev–Trinajstić information content (AvgIpc) is 3.30. The molecule has 0 atom stereocenters. The lowest BCUT2D eigenvalue weighted by Gasteiger charge is -2.39. The smallest absolute Gasteiger partial charge is 0.416 e. The highest BCUT2D eigenvalue weighted by atomic mass is 32.1. The van der Waals surface area contributed by atoms with Gasteiger partial charge in [-0.3, -0.25) is 0 Å². The normalized spacial score (nSPS) is 15.3. The molecule has 0 bridgehead atoms. The van der Waals surface area contributed by atoms with Crippen LogP contribution < -0.4 is 26.0 Å². The molecular formula is C37H33BF3NOS. The highest BCUT2D eigenvalue weighted by Gasteiger charge is 2.46. The molecule has 222 valence electrons. The Morgan fingerprint density at radius 1 is 0.705 bits per heavy atom. The van der Waals surface area contributed by atoms with Crippen LogP contribution in [0.1, 0.15) is 69.4 Å². The first-order chi connectivity index (χ1) is 20.7. The van der Waals surface area contributed by atoms with Crippen molar-refractivity contribution in [2.75, 3.05) is 4.90 Å². The fourth-order valence-corrected chi connectivity index (χ4v) is 8.20. The molecule has 0 spiro atoms. The van der Waals surface area contributed by atoms with Gasteiger partial charge in [0.2, 0.25) is 0 Å². The lowest BCUT2D eigenvalue weighted by Crippen LogP contribution is -2.59. The Labute approximate surface area is 260 Å². The van der Waals surface area contributed by atoms with Gasteiger partial charge in [-0.05, 0) is 104 Å². The predicted octanol–water partition coefficient (Wildman–Crippen LogP) is 9.02. The number of hydrogen-bond donors (Lipinski definition) is 0. The Balaban J connectivity index is 1.50. The van der Waals surface area contributed by atoms with E-state index in [0.29, 0.717) is 11.4 Å². The molecule has 7 heteroatoms. The van der Waals surface area contributed by atoms with Gasteiger partial charge in [-0.2, -0.15) is 13.2 Å². The molecule has 5 aromatic rings. The number of alkyl halides is 3. The zero-order chi connectivity index (χ0) is 30.9. The molecule has 0 saturated heterocycles. The number of hydrogen-bond acceptors (Lipinski definition) is 3. The third-order valence-electron chi connectivity index (χ3n) is 9.56. The summed E-state index contributed by atoms with van der Waals surface area (Å²) < 4.78 is 51.0. The lowest BCUT2D eigenvalue weighted by atomic mass is 9.34. The van der Waals surface area contributed by atoms with Crippen molar-refractivity contribution < 1.29 is 17.9 Å². The van der Waals surface area contributed by atoms with Crippen molar-refractivity contribution >= 4 is 60.9 Å². The van der Waals surface area contributed by atoms with Crippen molar-refractivity contribution in [1.82, 2.24) is 0 Å². The van der Waals surface area contributed by atoms with Crippen LogP contribution in [0.25, 0.3) is 10.1 Å². The predicted molar refractivity (Wildman–Crippen MR) is 177 cm³/mol. The first-order valence-electron chi connectivity index (χ1n) is 15.2. The van der Waals surface area contributed by atoms with E-state index in [1.807, 2.05) is 12.1 Å². The van der Waals surface area contributed by atoms with Crippen molar-refractivity contribution in [3.8, 4) is 11.5 Å². The Bertz CT molecular complexity index is 2030. The summed E-state index contributed by atoms with van der Waals surface area (Å²) in [6.07, 6.45) is -2.49. The zero-order valence-corrected chi connectivity index (χ0v) is 26.6. The van der Waals surface area contributed by atoms with E-state index in [1.165, 1.54) is 28.8 Å². The van der Waals surface area contributed by atoms with Crippen LogP contribution >= 0.6 is 11.3 Å². The molecule has 4 aromatic carbocycles. The molecule has 0 radical (unpaired) electrons. The molecule has 0 fully saturated rings. The minimum atomic E-state index is -4.52. The molecule has 0 saturated carbocycles. The minimum absolute atomic E-state index is 0.0588. The van der Waals surface area contributed by atoms with Crippen LogP contribution in [0.15, 0.2) is 66.7 Å². The van der Waals surface area contributed by atoms with Crippen molar-refractivity contribution in [1.29, 1.82) is 0 Å². The van der Waals surface area contributed by atoms with E-state index in [9.17, 15) is 13.2 Å². The summed E-state index contributed by atoms with van der Waals surface area (Å²) in [5, 5.41) is 2.13. The van der Waals surface area contributed by atoms with Crippen LogP contribution in [-0.4, -0.2) is 6.71 Å². The molecule has 2 nitrogen and oxygen atoms in total. The Hall–Kier alpha value is -3.71. The molecule has 3 aliphatic rings. The number of nitrogens with zero attached hydrogens (tertiary/aromatic N) is 1. The number of ether oxygens (including phenoxy) is 1. The minimum Gasteiger partial charge on any atom is -0.458 e. The van der Waals surface area contributed by atoms with Gasteiger partial charge in [-0.15, -0.1) is 11.3 Å². The summed E-state index contributed by atoms with van der Waals surface area (Å²) in [5.41, 5.74) is 8.48. The fourth-order valence-electron chi connectivity index (χ4n) is 6.94. The van der Waals surface area contributed by atoms with E-state index in [1.54, 1.807) is 11.3 Å². The van der Waals surface area contributed by atoms with Gasteiger partial charge in [0, 0.05) is 16.1 Å². The first kappa shape index (κ1) is 27.8. The van der Waals surface area contributed by atoms with Gasteiger partial charge >= 0.3 is 6.18 Å². The first-order valence-corrected chi connectivity index (χ1v) is 16.1. The number of fused-ring (bicyclic) bond motifs is 7. The Kier molecular flexibility index (Phi) is 5.65. The monoisotopic (exact) mass is 607 g/mol. The average molecular weight is 608 g/mol. The van der Waals surface area contributed by atoms with Crippen LogP contribution in [-0.2, 0) is 29.8 Å². The summed E-state index contributed by atoms with van der Waals surface area (Å²) >= 11 is 1.66. The second-order valence-corrected chi connectivity index (χ2v) is 15.5. The molecule has 2 aliphatic heterocycles. The van der Waals surface area contributed by atoms with Gasteiger partial charge in [0.05, 0.1) is 10.6 Å². The second kappa shape index (κ2) is 8.94. The molecule has 44 heavy (non-hydrogen) atoms. The summed E-state index contributed by atoms with van der Waals surface area (Å²) in [6.45, 7) is 12.9. The molecule has 0 N–H and O–H groups in total. The summed E-state index contributed by atoms with van der Waals surface area (Å²) in [4.78, 5) is 2.07. The van der Waals surface area contributed by atoms with Gasteiger partial charge in [-0.25, -0.2) is 0 Å². The van der Waals surface area contributed by atoms with Crippen molar-refractivity contribution in [3.05, 3.63) is 94.5 Å². The van der Waals surface area contributed by atoms with Gasteiger partial charge in [-0.1, -0.05) is 71.9 Å². The quantitative estimate of drug-likeness (QED) is 0.173. The number of anilines is 3. The number of thiophene rings is 1. The largest absolute Gasteiger partial charge is 0.458 e. The van der Waals surface area contributed by atoms with Crippen molar-refractivity contribution in [2.45, 2.75) is 71.4 Å². The third kappa shape index (κ3) is 4.08. The standard InChI is InChI=1S/C37H33BF3NOS/c1-35(2,3)22-11-14-31-26(16-22)32-34(44-31)42(25-12-9-20-7-8-21(20)15-25)28-18-24(37(39,40)41)19-30-33(28)38(32)27-17-23(36(4,5)6)10-13-29(27)43-30/h9-19H,7-8H2,1-6H3. The highest BCUT2D eigenvalue weighted by Crippen LogP contribution is 2.49. The second-order valence-electron chi connectivity index (χ2n) is 14.5. The Morgan fingerprint density at radius 2 is 1.41 bits per heavy atom. The summed E-state index contributed by atoms with van der Waals surface area (Å²) in [5.74, 6) is 0.897. The maximum Gasteiger partial charge on any atom is 0.416 e. The molecule has 0 amide bonds. The van der Waals surface area contributed by atoms with E-state index in [-0.39, 0.29) is 23.3 Å². The van der Waals surface area contributed by atoms with Crippen molar-refractivity contribution in [2.24, 2.45) is 0 Å². The third-order valence-corrected chi connectivity index (χ3v) is 10.7. The van der Waals surface area contributed by atoms with Gasteiger partial charge < -0.3 is 9.64 Å². The SMILES string of the molecule is CC(C)(C)c1ccc2c(c1)B1c3c(cc(C(F)(F)F)cc3N(c3ccc4c(c3)CC4)c3sc4ccc(C(C)(C)C)cc4c31)O2. The van der Waals surface area contributed by atoms with Crippen LogP contribution in [0.3, 0.4) is 0 Å². The molecule has 0 unspecified atom stereocenters. The fraction of sp³-hybridized carbons (Fsp3) is 0.297. The van der Waals surface area contributed by atoms with E-state index in [4.69, 9.17) is 4.74 Å². The van der Waals surface area contributed by atoms with E-state index in [2.05, 4.69) is 88.9 Å². The molecular weight excluding hydrogens is 574 g/mol. The van der Waals surface area contributed by atoms with Crippen molar-refractivity contribution in [3.63, 3.8) is 0 Å². The number of aryl methyl sites for hydroxylation is 2. The number of halogens is 3. The van der Waals surface area contributed by atoms with Crippen LogP contribution in [0.5, 0.6) is 11.5 Å². The molecule has 1 aromatic heterocycles. The zero-order valence-electron chi connectivity index (χ0n) is 25.7. The lowest BCUT2D eigenvalue weighted by molar-refractivity contribution is -0.137. The maximum atomic E-state index is 14.5. The highest BCUT2D eigenvalue weighted by molar-refractivity contribution is 7.26. The maximum absolute atomic E-state index is 14.5. The molecule has 1 aliphatic carbocycles. The van der Waals surface area contributed by atoms with E-state index < -0.39 is 11.7 Å². The van der Waals surface area contributed by atoms with E-state index in [0.717, 1.165) is 55.6 Å². The van der Waals surface area contributed by atoms with Gasteiger partial charge in [0.1, 0.15) is 11.5 Å². The number of rotatable bonds is 1. The summed E-state index contributed by atoms with van der Waals surface area (Å²) in [6, 6.07) is 21.8. The van der Waals surface area contributed by atoms with E-state index >= 15 is 0 Å². The topological polar surface area (TPSA) is 12.5 Å². The summed E-state index contributed by atoms with van der Waals surface area (Å²) in [7, 11) is 0. The van der Waals surface area contributed by atoms with Crippen LogP contribution in [0.4, 0.5) is 29.5 Å². The van der Waals surface area contributed by atoms with Gasteiger partial charge in [0.15, 0.2) is 0 Å². The number of benzene rings is 4. The van der Waals surface area contributed by atoms with Gasteiger partial charge in [0.25, 0.3) is 6.71 Å². The van der Waals surface area contributed by atoms with Crippen LogP contribution in [0.2, 0.25) is 0 Å². The molecule has 3 heterocycles. The molecule has 8 rings (SSSR count).